The van der Waals surface area contributed by atoms with Crippen LogP contribution >= 0.6 is 0 Å². The molecule has 0 bridgehead atoms. The van der Waals surface area contributed by atoms with Crippen LogP contribution in [0, 0.1) is 0 Å². The Labute approximate surface area is 145 Å². The van der Waals surface area contributed by atoms with E-state index < -0.39 is 5.60 Å². The van der Waals surface area contributed by atoms with Gasteiger partial charge in [-0.15, -0.1) is 0 Å². The number of amides is 1. The Hall–Kier alpha value is -1.43. The minimum absolute atomic E-state index is 0.0542. The highest BCUT2D eigenvalue weighted by atomic mass is 16.5. The minimum atomic E-state index is -0.946. The maximum Gasteiger partial charge on any atom is 0.227 e. The maximum absolute atomic E-state index is 12.4. The van der Waals surface area contributed by atoms with Crippen molar-refractivity contribution in [2.24, 2.45) is 0 Å². The van der Waals surface area contributed by atoms with Crippen LogP contribution in [0.3, 0.4) is 0 Å². The molecule has 2 N–H and O–H groups in total. The number of hydrogen-bond donors (Lipinski definition) is 2. The molecule has 1 heterocycles. The number of rotatable bonds is 7. The van der Waals surface area contributed by atoms with Gasteiger partial charge in [0, 0.05) is 26.2 Å². The lowest BCUT2D eigenvalue weighted by Gasteiger charge is -2.34. The SMILES string of the molecule is CCc1ccc(C(C)C(=O)NCC(C)(O)CN2CCOCC2)cc1. The Morgan fingerprint density at radius 3 is 2.54 bits per heavy atom. The summed E-state index contributed by atoms with van der Waals surface area (Å²) in [4.78, 5) is 14.6. The first kappa shape index (κ1) is 18.9. The molecule has 1 amide bonds. The molecule has 5 heteroatoms. The average Bonchev–Trinajstić information content (AvgIpc) is 2.59. The third-order valence-electron chi connectivity index (χ3n) is 4.59. The molecule has 0 radical (unpaired) electrons. The quantitative estimate of drug-likeness (QED) is 0.794. The van der Waals surface area contributed by atoms with Gasteiger partial charge in [-0.1, -0.05) is 31.2 Å². The highest BCUT2D eigenvalue weighted by Gasteiger charge is 2.27. The summed E-state index contributed by atoms with van der Waals surface area (Å²) in [7, 11) is 0. The number of carbonyl (C=O) groups is 1. The van der Waals surface area contributed by atoms with E-state index in [-0.39, 0.29) is 18.4 Å². The van der Waals surface area contributed by atoms with Gasteiger partial charge in [-0.2, -0.15) is 0 Å². The van der Waals surface area contributed by atoms with Gasteiger partial charge in [0.1, 0.15) is 0 Å². The fourth-order valence-corrected chi connectivity index (χ4v) is 2.92. The second kappa shape index (κ2) is 8.60. The van der Waals surface area contributed by atoms with Gasteiger partial charge in [0.25, 0.3) is 0 Å². The summed E-state index contributed by atoms with van der Waals surface area (Å²) >= 11 is 0. The van der Waals surface area contributed by atoms with Gasteiger partial charge in [0.05, 0.1) is 24.7 Å². The molecule has 1 fully saturated rings. The van der Waals surface area contributed by atoms with Gasteiger partial charge >= 0.3 is 0 Å². The van der Waals surface area contributed by atoms with E-state index in [0.717, 1.165) is 25.1 Å². The van der Waals surface area contributed by atoms with Crippen LogP contribution in [0.5, 0.6) is 0 Å². The number of aryl methyl sites for hydroxylation is 1. The molecule has 24 heavy (non-hydrogen) atoms. The molecule has 134 valence electrons. The van der Waals surface area contributed by atoms with Crippen LogP contribution in [-0.2, 0) is 16.0 Å². The standard InChI is InChI=1S/C19H30N2O3/c1-4-16-5-7-17(8-6-16)15(2)18(22)20-13-19(3,23)14-21-9-11-24-12-10-21/h5-8,15,23H,4,9-14H2,1-3H3,(H,20,22). The van der Waals surface area contributed by atoms with Crippen molar-refractivity contribution in [3.63, 3.8) is 0 Å². The van der Waals surface area contributed by atoms with E-state index >= 15 is 0 Å². The molecular weight excluding hydrogens is 304 g/mol. The first-order chi connectivity index (χ1) is 11.4. The van der Waals surface area contributed by atoms with Crippen molar-refractivity contribution in [3.05, 3.63) is 35.4 Å². The zero-order valence-corrected chi connectivity index (χ0v) is 15.0. The number of hydrogen-bond acceptors (Lipinski definition) is 4. The lowest BCUT2D eigenvalue weighted by Crippen LogP contribution is -2.51. The van der Waals surface area contributed by atoms with E-state index in [2.05, 4.69) is 29.3 Å². The molecular formula is C19H30N2O3. The van der Waals surface area contributed by atoms with E-state index in [4.69, 9.17) is 4.74 Å². The van der Waals surface area contributed by atoms with Crippen LogP contribution in [-0.4, -0.2) is 60.9 Å². The van der Waals surface area contributed by atoms with Crippen LogP contribution in [0.1, 0.15) is 37.8 Å². The molecule has 0 saturated carbocycles. The van der Waals surface area contributed by atoms with E-state index in [9.17, 15) is 9.90 Å². The largest absolute Gasteiger partial charge is 0.387 e. The highest BCUT2D eigenvalue weighted by molar-refractivity contribution is 5.83. The summed E-state index contributed by atoms with van der Waals surface area (Å²) in [6.45, 7) is 9.61. The lowest BCUT2D eigenvalue weighted by molar-refractivity contribution is -0.123. The number of benzene rings is 1. The van der Waals surface area contributed by atoms with Crippen molar-refractivity contribution in [1.29, 1.82) is 0 Å². The second-order valence-corrected chi connectivity index (χ2v) is 6.92. The molecule has 1 aromatic rings. The van der Waals surface area contributed by atoms with Crippen LogP contribution in [0.25, 0.3) is 0 Å². The Bertz CT molecular complexity index is 522. The first-order valence-electron chi connectivity index (χ1n) is 8.80. The monoisotopic (exact) mass is 334 g/mol. The van der Waals surface area contributed by atoms with E-state index in [0.29, 0.717) is 19.8 Å². The van der Waals surface area contributed by atoms with Crippen LogP contribution in [0.15, 0.2) is 24.3 Å². The fourth-order valence-electron chi connectivity index (χ4n) is 2.92. The molecule has 5 nitrogen and oxygen atoms in total. The smallest absolute Gasteiger partial charge is 0.227 e. The predicted octanol–water partition coefficient (Wildman–Crippen LogP) is 1.55. The highest BCUT2D eigenvalue weighted by Crippen LogP contribution is 2.17. The molecule has 1 saturated heterocycles. The molecule has 2 unspecified atom stereocenters. The fraction of sp³-hybridized carbons (Fsp3) is 0.632. The number of carbonyl (C=O) groups excluding carboxylic acids is 1. The third-order valence-corrected chi connectivity index (χ3v) is 4.59. The Morgan fingerprint density at radius 2 is 1.96 bits per heavy atom. The molecule has 2 rings (SSSR count). The van der Waals surface area contributed by atoms with Gasteiger partial charge in [-0.25, -0.2) is 0 Å². The van der Waals surface area contributed by atoms with Crippen LogP contribution in [0.2, 0.25) is 0 Å². The summed E-state index contributed by atoms with van der Waals surface area (Å²) in [5.41, 5.74) is 1.32. The van der Waals surface area contributed by atoms with Gasteiger partial charge in [-0.05, 0) is 31.4 Å². The van der Waals surface area contributed by atoms with Gasteiger partial charge in [0.15, 0.2) is 0 Å². The average molecular weight is 334 g/mol. The van der Waals surface area contributed by atoms with E-state index in [1.807, 2.05) is 19.1 Å². The molecule has 0 spiro atoms. The van der Waals surface area contributed by atoms with Gasteiger partial charge in [-0.3, -0.25) is 9.69 Å². The van der Waals surface area contributed by atoms with Crippen molar-refractivity contribution in [1.82, 2.24) is 10.2 Å². The van der Waals surface area contributed by atoms with Crippen molar-refractivity contribution in [2.45, 2.75) is 38.7 Å². The molecule has 2 atom stereocenters. The summed E-state index contributed by atoms with van der Waals surface area (Å²) in [6, 6.07) is 8.14. The van der Waals surface area contributed by atoms with E-state index in [1.165, 1.54) is 5.56 Å². The van der Waals surface area contributed by atoms with Crippen molar-refractivity contribution in [3.8, 4) is 0 Å². The second-order valence-electron chi connectivity index (χ2n) is 6.92. The minimum Gasteiger partial charge on any atom is -0.387 e. The van der Waals surface area contributed by atoms with Crippen molar-refractivity contribution >= 4 is 5.91 Å². The number of aliphatic hydroxyl groups is 1. The first-order valence-corrected chi connectivity index (χ1v) is 8.80. The van der Waals surface area contributed by atoms with Gasteiger partial charge < -0.3 is 15.2 Å². The van der Waals surface area contributed by atoms with E-state index in [1.54, 1.807) is 6.92 Å². The van der Waals surface area contributed by atoms with Gasteiger partial charge in [0.2, 0.25) is 5.91 Å². The Kier molecular flexibility index (Phi) is 6.78. The predicted molar refractivity (Wildman–Crippen MR) is 95.1 cm³/mol. The zero-order chi connectivity index (χ0) is 17.6. The Balaban J connectivity index is 1.83. The summed E-state index contributed by atoms with van der Waals surface area (Å²) in [6.07, 6.45) is 0.991. The molecule has 1 aromatic carbocycles. The third kappa shape index (κ3) is 5.58. The zero-order valence-electron chi connectivity index (χ0n) is 15.0. The lowest BCUT2D eigenvalue weighted by atomic mass is 9.98. The van der Waals surface area contributed by atoms with Crippen LogP contribution in [0.4, 0.5) is 0 Å². The summed E-state index contributed by atoms with van der Waals surface area (Å²) in [5.74, 6) is -0.281. The number of morpholine rings is 1. The number of nitrogens with zero attached hydrogens (tertiary/aromatic N) is 1. The molecule has 1 aliphatic rings. The van der Waals surface area contributed by atoms with Crippen LogP contribution < -0.4 is 5.32 Å². The number of nitrogens with one attached hydrogen (secondary N) is 1. The van der Waals surface area contributed by atoms with Crippen molar-refractivity contribution < 1.29 is 14.6 Å². The Morgan fingerprint density at radius 1 is 1.33 bits per heavy atom. The number of β-amino-alcohol motifs (C(OH)–C–C–N with tert-alkyl or cyclic N) is 1. The normalized spacial score (nSPS) is 19.5. The molecule has 0 aromatic heterocycles. The molecule has 1 aliphatic heterocycles. The summed E-state index contributed by atoms with van der Waals surface area (Å²) in [5, 5.41) is 13.4. The number of ether oxygens (including phenoxy) is 1. The molecule has 0 aliphatic carbocycles. The topological polar surface area (TPSA) is 61.8 Å². The summed E-state index contributed by atoms with van der Waals surface area (Å²) < 4.78 is 5.32. The van der Waals surface area contributed by atoms with Crippen molar-refractivity contribution in [2.75, 3.05) is 39.4 Å². The maximum atomic E-state index is 12.4.